The average Bonchev–Trinajstić information content (AvgIpc) is 2.75. The number of aryl methyl sites for hydroxylation is 2. The molecule has 0 saturated heterocycles. The van der Waals surface area contributed by atoms with Crippen molar-refractivity contribution in [1.29, 1.82) is 0 Å². The lowest BCUT2D eigenvalue weighted by Crippen LogP contribution is -2.24. The zero-order chi connectivity index (χ0) is 13.0. The highest BCUT2D eigenvalue weighted by molar-refractivity contribution is 5.26. The van der Waals surface area contributed by atoms with Gasteiger partial charge in [0, 0.05) is 38.1 Å². The number of nitrogens with one attached hydrogen (secondary N) is 1. The molecule has 0 aliphatic carbocycles. The number of hydrogen-bond donors (Lipinski definition) is 1. The molecule has 0 aromatic carbocycles. The first kappa shape index (κ1) is 12.8. The van der Waals surface area contributed by atoms with Gasteiger partial charge in [-0.3, -0.25) is 9.67 Å². The van der Waals surface area contributed by atoms with Crippen LogP contribution in [0.1, 0.15) is 29.8 Å². The molecule has 4 heteroatoms. The molecule has 2 aromatic rings. The van der Waals surface area contributed by atoms with Gasteiger partial charge in [-0.15, -0.1) is 0 Å². The van der Waals surface area contributed by atoms with E-state index >= 15 is 0 Å². The lowest BCUT2D eigenvalue weighted by atomic mass is 9.99. The average molecular weight is 244 g/mol. The summed E-state index contributed by atoms with van der Waals surface area (Å²) >= 11 is 0. The quantitative estimate of drug-likeness (QED) is 0.875. The summed E-state index contributed by atoms with van der Waals surface area (Å²) in [6.45, 7) is 5.17. The normalized spacial score (nSPS) is 12.6. The second-order valence-corrected chi connectivity index (χ2v) is 4.53. The number of pyridine rings is 1. The Morgan fingerprint density at radius 2 is 2.22 bits per heavy atom. The van der Waals surface area contributed by atoms with Crippen LogP contribution in [-0.2, 0) is 13.5 Å². The van der Waals surface area contributed by atoms with Gasteiger partial charge in [0.2, 0.25) is 0 Å². The van der Waals surface area contributed by atoms with Gasteiger partial charge in [0.15, 0.2) is 0 Å². The molecule has 0 spiro atoms. The maximum absolute atomic E-state index is 4.45. The first-order valence-electron chi connectivity index (χ1n) is 6.33. The number of nitrogens with zero attached hydrogens (tertiary/aromatic N) is 3. The van der Waals surface area contributed by atoms with Crippen LogP contribution in [0.2, 0.25) is 0 Å². The van der Waals surface area contributed by atoms with Gasteiger partial charge in [-0.1, -0.05) is 6.92 Å². The number of rotatable bonds is 5. The largest absolute Gasteiger partial charge is 0.310 e. The van der Waals surface area contributed by atoms with E-state index in [0.717, 1.165) is 18.7 Å². The molecule has 0 aliphatic heterocycles. The number of hydrogen-bond acceptors (Lipinski definition) is 3. The van der Waals surface area contributed by atoms with Crippen molar-refractivity contribution < 1.29 is 0 Å². The van der Waals surface area contributed by atoms with Crippen LogP contribution in [0.4, 0.5) is 0 Å². The van der Waals surface area contributed by atoms with Crippen molar-refractivity contribution in [3.05, 3.63) is 47.5 Å². The summed E-state index contributed by atoms with van der Waals surface area (Å²) in [5.41, 5.74) is 3.64. The van der Waals surface area contributed by atoms with Gasteiger partial charge in [0.1, 0.15) is 0 Å². The minimum atomic E-state index is 0.299. The van der Waals surface area contributed by atoms with Crippen LogP contribution in [0.15, 0.2) is 30.7 Å². The van der Waals surface area contributed by atoms with Gasteiger partial charge >= 0.3 is 0 Å². The number of likely N-dealkylation sites (N-methyl/N-ethyl adjacent to an activating group) is 1. The van der Waals surface area contributed by atoms with Crippen LogP contribution in [0.25, 0.3) is 0 Å². The SMILES string of the molecule is CCNC(Cc1ccn(C)n1)c1ccncc1C. The highest BCUT2D eigenvalue weighted by Gasteiger charge is 2.14. The summed E-state index contributed by atoms with van der Waals surface area (Å²) in [4.78, 5) is 4.15. The highest BCUT2D eigenvalue weighted by atomic mass is 15.2. The molecule has 1 unspecified atom stereocenters. The van der Waals surface area contributed by atoms with Crippen molar-refractivity contribution in [2.24, 2.45) is 7.05 Å². The Bertz CT molecular complexity index is 504. The van der Waals surface area contributed by atoms with E-state index in [1.165, 1.54) is 11.1 Å². The Labute approximate surface area is 108 Å². The van der Waals surface area contributed by atoms with Crippen molar-refractivity contribution in [2.45, 2.75) is 26.3 Å². The van der Waals surface area contributed by atoms with E-state index in [0.29, 0.717) is 6.04 Å². The molecule has 1 N–H and O–H groups in total. The van der Waals surface area contributed by atoms with Crippen LogP contribution in [0, 0.1) is 6.92 Å². The summed E-state index contributed by atoms with van der Waals surface area (Å²) in [5.74, 6) is 0. The first-order chi connectivity index (χ1) is 8.70. The minimum absolute atomic E-state index is 0.299. The van der Waals surface area contributed by atoms with Gasteiger partial charge in [-0.2, -0.15) is 5.10 Å². The molecule has 18 heavy (non-hydrogen) atoms. The summed E-state index contributed by atoms with van der Waals surface area (Å²) in [6, 6.07) is 4.46. The van der Waals surface area contributed by atoms with E-state index in [1.54, 1.807) is 0 Å². The Morgan fingerprint density at radius 1 is 1.39 bits per heavy atom. The standard InChI is InChI=1S/C14H20N4/c1-4-16-14(9-12-6-8-18(3)17-12)13-5-7-15-10-11(13)2/h5-8,10,14,16H,4,9H2,1-3H3. The van der Waals surface area contributed by atoms with E-state index in [1.807, 2.05) is 30.3 Å². The Kier molecular flexibility index (Phi) is 4.10. The Hall–Kier alpha value is -1.68. The third kappa shape index (κ3) is 2.96. The topological polar surface area (TPSA) is 42.7 Å². The highest BCUT2D eigenvalue weighted by Crippen LogP contribution is 2.20. The number of aromatic nitrogens is 3. The molecule has 4 nitrogen and oxygen atoms in total. The smallest absolute Gasteiger partial charge is 0.0643 e. The second-order valence-electron chi connectivity index (χ2n) is 4.53. The van der Waals surface area contributed by atoms with E-state index in [4.69, 9.17) is 0 Å². The van der Waals surface area contributed by atoms with Crippen LogP contribution < -0.4 is 5.32 Å². The van der Waals surface area contributed by atoms with Gasteiger partial charge in [-0.05, 0) is 36.7 Å². The zero-order valence-electron chi connectivity index (χ0n) is 11.2. The third-order valence-corrected chi connectivity index (χ3v) is 3.07. The maximum Gasteiger partial charge on any atom is 0.0643 e. The van der Waals surface area contributed by atoms with E-state index in [9.17, 15) is 0 Å². The summed E-state index contributed by atoms with van der Waals surface area (Å²) < 4.78 is 1.84. The van der Waals surface area contributed by atoms with Crippen molar-refractivity contribution in [1.82, 2.24) is 20.1 Å². The van der Waals surface area contributed by atoms with Crippen LogP contribution in [0.5, 0.6) is 0 Å². The van der Waals surface area contributed by atoms with E-state index in [2.05, 4.69) is 41.4 Å². The molecule has 0 aliphatic rings. The van der Waals surface area contributed by atoms with E-state index < -0.39 is 0 Å². The summed E-state index contributed by atoms with van der Waals surface area (Å²) in [5, 5.41) is 7.97. The fraction of sp³-hybridized carbons (Fsp3) is 0.429. The van der Waals surface area contributed by atoms with E-state index in [-0.39, 0.29) is 0 Å². The molecule has 0 fully saturated rings. The molecule has 96 valence electrons. The third-order valence-electron chi connectivity index (χ3n) is 3.07. The zero-order valence-corrected chi connectivity index (χ0v) is 11.2. The van der Waals surface area contributed by atoms with Crippen LogP contribution in [-0.4, -0.2) is 21.3 Å². The molecule has 0 radical (unpaired) electrons. The van der Waals surface area contributed by atoms with Crippen molar-refractivity contribution in [3.8, 4) is 0 Å². The molecule has 2 heterocycles. The minimum Gasteiger partial charge on any atom is -0.310 e. The van der Waals surface area contributed by atoms with Gasteiger partial charge in [-0.25, -0.2) is 0 Å². The van der Waals surface area contributed by atoms with Crippen LogP contribution in [0.3, 0.4) is 0 Å². The van der Waals surface area contributed by atoms with Crippen LogP contribution >= 0.6 is 0 Å². The summed E-state index contributed by atoms with van der Waals surface area (Å²) in [6.07, 6.45) is 6.65. The predicted octanol–water partition coefficient (Wildman–Crippen LogP) is 2.02. The first-order valence-corrected chi connectivity index (χ1v) is 6.33. The molecular weight excluding hydrogens is 224 g/mol. The molecule has 2 rings (SSSR count). The maximum atomic E-state index is 4.45. The Morgan fingerprint density at radius 3 is 2.83 bits per heavy atom. The second kappa shape index (κ2) is 5.78. The van der Waals surface area contributed by atoms with Gasteiger partial charge in [0.05, 0.1) is 5.69 Å². The molecular formula is C14H20N4. The lowest BCUT2D eigenvalue weighted by Gasteiger charge is -2.19. The molecule has 2 aromatic heterocycles. The molecule has 0 amide bonds. The molecule has 0 bridgehead atoms. The molecule has 1 atom stereocenters. The van der Waals surface area contributed by atoms with Crippen molar-refractivity contribution in [2.75, 3.05) is 6.54 Å². The lowest BCUT2D eigenvalue weighted by molar-refractivity contribution is 0.537. The fourth-order valence-electron chi connectivity index (χ4n) is 2.19. The van der Waals surface area contributed by atoms with Crippen molar-refractivity contribution in [3.63, 3.8) is 0 Å². The van der Waals surface area contributed by atoms with Gasteiger partial charge < -0.3 is 5.32 Å². The fourth-order valence-corrected chi connectivity index (χ4v) is 2.19. The van der Waals surface area contributed by atoms with Crippen molar-refractivity contribution >= 4 is 0 Å². The van der Waals surface area contributed by atoms with Gasteiger partial charge in [0.25, 0.3) is 0 Å². The monoisotopic (exact) mass is 244 g/mol. The Balaban J connectivity index is 2.20. The molecule has 0 saturated carbocycles. The summed E-state index contributed by atoms with van der Waals surface area (Å²) in [7, 11) is 1.95. The predicted molar refractivity (Wildman–Crippen MR) is 72.3 cm³/mol.